The molecule has 2 rings (SSSR count). The van der Waals surface area contributed by atoms with E-state index in [1.165, 1.54) is 18.6 Å². The number of carbonyl (C=O) groups is 2. The Balaban J connectivity index is 1.64. The van der Waals surface area contributed by atoms with Gasteiger partial charge in [-0.05, 0) is 19.3 Å². The van der Waals surface area contributed by atoms with Gasteiger partial charge in [0.2, 0.25) is 5.91 Å². The van der Waals surface area contributed by atoms with Gasteiger partial charge in [-0.3, -0.25) is 14.6 Å². The lowest BCUT2D eigenvalue weighted by Gasteiger charge is -2.22. The maximum Gasteiger partial charge on any atom is 0.271 e. The fourth-order valence-corrected chi connectivity index (χ4v) is 3.39. The van der Waals surface area contributed by atoms with Gasteiger partial charge in [-0.1, -0.05) is 0 Å². The third kappa shape index (κ3) is 4.91. The maximum atomic E-state index is 12.2. The molecule has 9 heteroatoms. The van der Waals surface area contributed by atoms with Gasteiger partial charge >= 0.3 is 0 Å². The van der Waals surface area contributed by atoms with E-state index >= 15 is 0 Å². The number of rotatable bonds is 7. The highest BCUT2D eigenvalue weighted by atomic mass is 32.2. The molecule has 2 heterocycles. The molecule has 128 valence electrons. The Labute approximate surface area is 144 Å². The second-order valence-electron chi connectivity index (χ2n) is 5.40. The number of amides is 2. The van der Waals surface area contributed by atoms with Crippen molar-refractivity contribution in [3.8, 4) is 6.07 Å². The van der Waals surface area contributed by atoms with Crippen LogP contribution in [0.25, 0.3) is 0 Å². The molecule has 1 saturated heterocycles. The fraction of sp³-hybridized carbons (Fsp3) is 0.533. The molecule has 0 unspecified atom stereocenters. The number of hydrogen-bond donors (Lipinski definition) is 2. The lowest BCUT2D eigenvalue weighted by Crippen LogP contribution is -2.46. The van der Waals surface area contributed by atoms with Crippen LogP contribution in [0.5, 0.6) is 0 Å². The van der Waals surface area contributed by atoms with E-state index in [-0.39, 0.29) is 23.6 Å². The largest absolute Gasteiger partial charge is 0.351 e. The van der Waals surface area contributed by atoms with Gasteiger partial charge in [0.1, 0.15) is 11.7 Å². The maximum absolute atomic E-state index is 12.2. The van der Waals surface area contributed by atoms with Crippen molar-refractivity contribution in [2.24, 2.45) is 5.73 Å². The topological polar surface area (TPSA) is 125 Å². The number of nitrogens with zero attached hydrogens (tertiary/aromatic N) is 4. The smallest absolute Gasteiger partial charge is 0.271 e. The Morgan fingerprint density at radius 1 is 1.50 bits per heavy atom. The van der Waals surface area contributed by atoms with Crippen molar-refractivity contribution < 1.29 is 9.59 Å². The summed E-state index contributed by atoms with van der Waals surface area (Å²) in [5, 5.41) is 11.8. The zero-order chi connectivity index (χ0) is 17.4. The predicted octanol–water partition coefficient (Wildman–Crippen LogP) is 0.129. The summed E-state index contributed by atoms with van der Waals surface area (Å²) in [4.78, 5) is 33.3. The molecule has 2 amide bonds. The molecule has 0 radical (unpaired) electrons. The van der Waals surface area contributed by atoms with Crippen molar-refractivity contribution in [3.05, 3.63) is 24.3 Å². The van der Waals surface area contributed by atoms with Crippen molar-refractivity contribution in [2.75, 3.05) is 18.2 Å². The summed E-state index contributed by atoms with van der Waals surface area (Å²) >= 11 is 1.56. The summed E-state index contributed by atoms with van der Waals surface area (Å²) in [6, 6.07) is 1.15. The van der Waals surface area contributed by atoms with E-state index in [2.05, 4.69) is 21.4 Å². The summed E-state index contributed by atoms with van der Waals surface area (Å²) in [5.74, 6) is 0.729. The number of thioether (sulfide) groups is 1. The molecule has 8 nitrogen and oxygen atoms in total. The lowest BCUT2D eigenvalue weighted by atomic mass is 10.1. The average Bonchev–Trinajstić information content (AvgIpc) is 3.09. The van der Waals surface area contributed by atoms with E-state index < -0.39 is 6.04 Å². The van der Waals surface area contributed by atoms with Gasteiger partial charge in [0.05, 0.1) is 24.2 Å². The summed E-state index contributed by atoms with van der Waals surface area (Å²) in [7, 11) is 0. The van der Waals surface area contributed by atoms with E-state index in [0.717, 1.165) is 0 Å². The van der Waals surface area contributed by atoms with Crippen LogP contribution in [0.2, 0.25) is 0 Å². The zero-order valence-electron chi connectivity index (χ0n) is 13.2. The van der Waals surface area contributed by atoms with E-state index in [0.29, 0.717) is 37.4 Å². The third-order valence-corrected chi connectivity index (χ3v) is 4.67. The molecule has 0 saturated carbocycles. The number of aromatic nitrogens is 2. The number of carbonyl (C=O) groups excluding carboxylic acids is 2. The normalized spacial score (nSPS) is 18.0. The molecular formula is C15H20N6O2S. The van der Waals surface area contributed by atoms with Crippen molar-refractivity contribution in [3.63, 3.8) is 0 Å². The van der Waals surface area contributed by atoms with E-state index in [9.17, 15) is 9.59 Å². The molecule has 3 N–H and O–H groups in total. The quantitative estimate of drug-likeness (QED) is 0.671. The van der Waals surface area contributed by atoms with Crippen molar-refractivity contribution in [1.29, 1.82) is 5.26 Å². The van der Waals surface area contributed by atoms with Crippen LogP contribution in [0.4, 0.5) is 0 Å². The number of nitrogens with two attached hydrogens (primary N) is 1. The van der Waals surface area contributed by atoms with Crippen molar-refractivity contribution >= 4 is 23.6 Å². The number of hydrogen-bond acceptors (Lipinski definition) is 7. The molecule has 1 aliphatic heterocycles. The van der Waals surface area contributed by atoms with E-state index in [1.54, 1.807) is 16.7 Å². The van der Waals surface area contributed by atoms with Gasteiger partial charge in [-0.2, -0.15) is 5.26 Å². The van der Waals surface area contributed by atoms with Crippen LogP contribution in [-0.2, 0) is 4.79 Å². The van der Waals surface area contributed by atoms with Crippen LogP contribution in [0, 0.1) is 11.3 Å². The monoisotopic (exact) mass is 348 g/mol. The van der Waals surface area contributed by atoms with Crippen LogP contribution in [0.3, 0.4) is 0 Å². The highest BCUT2D eigenvalue weighted by Crippen LogP contribution is 2.21. The predicted molar refractivity (Wildman–Crippen MR) is 89.8 cm³/mol. The first-order valence-corrected chi connectivity index (χ1v) is 8.86. The first kappa shape index (κ1) is 18.2. The van der Waals surface area contributed by atoms with Gasteiger partial charge < -0.3 is 16.0 Å². The SMILES string of the molecule is N#C[C@@H]1CSCN1C(=O)[C@@H](N)CCCCNC(=O)c1cnccn1. The summed E-state index contributed by atoms with van der Waals surface area (Å²) in [6.45, 7) is 0.483. The van der Waals surface area contributed by atoms with Crippen LogP contribution in [0.15, 0.2) is 18.6 Å². The zero-order valence-corrected chi connectivity index (χ0v) is 14.0. The van der Waals surface area contributed by atoms with Gasteiger partial charge in [0.25, 0.3) is 5.91 Å². The van der Waals surface area contributed by atoms with E-state index in [4.69, 9.17) is 11.0 Å². The van der Waals surface area contributed by atoms with Crippen molar-refractivity contribution in [2.45, 2.75) is 31.3 Å². The first-order chi connectivity index (χ1) is 11.6. The minimum atomic E-state index is -0.602. The Bertz CT molecular complexity index is 606. The van der Waals surface area contributed by atoms with Gasteiger partial charge in [-0.15, -0.1) is 11.8 Å². The molecule has 0 spiro atoms. The summed E-state index contributed by atoms with van der Waals surface area (Å²) < 4.78 is 0. The summed E-state index contributed by atoms with van der Waals surface area (Å²) in [6.07, 6.45) is 6.33. The molecule has 0 bridgehead atoms. The second-order valence-corrected chi connectivity index (χ2v) is 6.40. The molecule has 0 aliphatic carbocycles. The average molecular weight is 348 g/mol. The molecule has 0 aromatic carbocycles. The van der Waals surface area contributed by atoms with Crippen LogP contribution < -0.4 is 11.1 Å². The molecule has 24 heavy (non-hydrogen) atoms. The Kier molecular flexibility index (Phi) is 6.96. The highest BCUT2D eigenvalue weighted by molar-refractivity contribution is 7.99. The van der Waals surface area contributed by atoms with E-state index in [1.807, 2.05) is 0 Å². The molecule has 2 atom stereocenters. The Hall–Kier alpha value is -2.18. The van der Waals surface area contributed by atoms with Crippen LogP contribution >= 0.6 is 11.8 Å². The molecule has 1 aromatic rings. The minimum Gasteiger partial charge on any atom is -0.351 e. The van der Waals surface area contributed by atoms with Crippen LogP contribution in [0.1, 0.15) is 29.8 Å². The molecule has 1 aliphatic rings. The minimum absolute atomic E-state index is 0.171. The van der Waals surface area contributed by atoms with Crippen molar-refractivity contribution in [1.82, 2.24) is 20.2 Å². The fourth-order valence-electron chi connectivity index (χ4n) is 2.30. The molecule has 1 aromatic heterocycles. The summed E-state index contributed by atoms with van der Waals surface area (Å²) in [5.41, 5.74) is 6.21. The number of nitriles is 1. The Morgan fingerprint density at radius 3 is 3.04 bits per heavy atom. The van der Waals surface area contributed by atoms with Gasteiger partial charge in [0.15, 0.2) is 0 Å². The second kappa shape index (κ2) is 9.20. The number of nitrogens with one attached hydrogen (secondary N) is 1. The lowest BCUT2D eigenvalue weighted by molar-refractivity contribution is -0.132. The third-order valence-electron chi connectivity index (χ3n) is 3.65. The first-order valence-electron chi connectivity index (χ1n) is 7.71. The molecule has 1 fully saturated rings. The standard InChI is InChI=1S/C15H20N6O2S/c16-7-11-9-24-10-21(11)15(23)12(17)3-1-2-4-20-14(22)13-8-18-5-6-19-13/h5-6,8,11-12H,1-4,9-10,17H2,(H,20,22)/t11-,12+/m1/s1. The van der Waals surface area contributed by atoms with Gasteiger partial charge in [0, 0.05) is 24.7 Å². The Morgan fingerprint density at radius 2 is 2.33 bits per heavy atom. The van der Waals surface area contributed by atoms with Crippen LogP contribution in [-0.4, -0.2) is 56.9 Å². The number of unbranched alkanes of at least 4 members (excludes halogenated alkanes) is 1. The molecular weight excluding hydrogens is 328 g/mol. The van der Waals surface area contributed by atoms with Gasteiger partial charge in [-0.25, -0.2) is 4.98 Å². The highest BCUT2D eigenvalue weighted by Gasteiger charge is 2.31.